The Kier molecular flexibility index (Phi) is 4.25. The smallest absolute Gasteiger partial charge is 0.274 e. The standard InChI is InChI=1S/C13H10FN3O5/c14-9-7-16(13(20)15-12(9)19)11(18)6-5-8-3-1-2-4-10(8)17(21)22/h1-4,7H,5-6H2,(H,15,19,20). The first kappa shape index (κ1) is 15.3. The number of aromatic amines is 1. The lowest BCUT2D eigenvalue weighted by molar-refractivity contribution is -0.385. The van der Waals surface area contributed by atoms with E-state index in [1.165, 1.54) is 18.2 Å². The summed E-state index contributed by atoms with van der Waals surface area (Å²) in [5, 5.41) is 10.8. The fraction of sp³-hybridized carbons (Fsp3) is 0.154. The average Bonchev–Trinajstić information content (AvgIpc) is 2.48. The minimum absolute atomic E-state index is 0.00315. The number of carbonyl (C=O) groups is 1. The molecule has 0 aliphatic carbocycles. The second-order valence-electron chi connectivity index (χ2n) is 4.39. The zero-order chi connectivity index (χ0) is 16.3. The van der Waals surface area contributed by atoms with Crippen molar-refractivity contribution in [2.45, 2.75) is 12.8 Å². The van der Waals surface area contributed by atoms with Gasteiger partial charge in [0.15, 0.2) is 0 Å². The van der Waals surface area contributed by atoms with Crippen molar-refractivity contribution < 1.29 is 14.1 Å². The van der Waals surface area contributed by atoms with E-state index in [-0.39, 0.29) is 18.5 Å². The molecule has 0 amide bonds. The zero-order valence-electron chi connectivity index (χ0n) is 11.1. The van der Waals surface area contributed by atoms with Gasteiger partial charge >= 0.3 is 5.69 Å². The summed E-state index contributed by atoms with van der Waals surface area (Å²) in [7, 11) is 0. The third-order valence-electron chi connectivity index (χ3n) is 2.96. The fourth-order valence-corrected chi connectivity index (χ4v) is 1.90. The summed E-state index contributed by atoms with van der Waals surface area (Å²) in [5.41, 5.74) is -2.10. The number of aryl methyl sites for hydroxylation is 1. The van der Waals surface area contributed by atoms with Gasteiger partial charge in [-0.05, 0) is 6.42 Å². The van der Waals surface area contributed by atoms with Crippen LogP contribution in [0, 0.1) is 15.9 Å². The van der Waals surface area contributed by atoms with Crippen molar-refractivity contribution in [1.29, 1.82) is 0 Å². The Labute approximate surface area is 122 Å². The minimum atomic E-state index is -1.27. The largest absolute Gasteiger partial charge is 0.335 e. The number of aromatic nitrogens is 2. The molecule has 2 rings (SSSR count). The summed E-state index contributed by atoms with van der Waals surface area (Å²) in [5.74, 6) is -2.04. The molecule has 0 spiro atoms. The molecule has 0 unspecified atom stereocenters. The maximum atomic E-state index is 13.1. The second kappa shape index (κ2) is 6.12. The van der Waals surface area contributed by atoms with Crippen molar-refractivity contribution in [2.75, 3.05) is 0 Å². The number of nitro groups is 1. The molecule has 114 valence electrons. The molecule has 0 bridgehead atoms. The highest BCUT2D eigenvalue weighted by atomic mass is 19.1. The Morgan fingerprint density at radius 2 is 2.00 bits per heavy atom. The normalized spacial score (nSPS) is 10.4. The highest BCUT2D eigenvalue weighted by Gasteiger charge is 2.15. The number of H-pyrrole nitrogens is 1. The Morgan fingerprint density at radius 1 is 1.32 bits per heavy atom. The summed E-state index contributed by atoms with van der Waals surface area (Å²) < 4.78 is 13.5. The highest BCUT2D eigenvalue weighted by molar-refractivity contribution is 5.78. The van der Waals surface area contributed by atoms with Crippen LogP contribution in [0.5, 0.6) is 0 Å². The van der Waals surface area contributed by atoms with Gasteiger partial charge < -0.3 is 0 Å². The van der Waals surface area contributed by atoms with Crippen molar-refractivity contribution in [3.8, 4) is 0 Å². The van der Waals surface area contributed by atoms with Crippen LogP contribution in [0.4, 0.5) is 10.1 Å². The monoisotopic (exact) mass is 307 g/mol. The third kappa shape index (κ3) is 3.14. The van der Waals surface area contributed by atoms with E-state index in [9.17, 15) is 28.9 Å². The Morgan fingerprint density at radius 3 is 2.68 bits per heavy atom. The molecular formula is C13H10FN3O5. The van der Waals surface area contributed by atoms with Crippen LogP contribution < -0.4 is 11.2 Å². The first-order valence-corrected chi connectivity index (χ1v) is 6.17. The second-order valence-corrected chi connectivity index (χ2v) is 4.39. The van der Waals surface area contributed by atoms with Crippen LogP contribution in [0.1, 0.15) is 16.8 Å². The number of hydrogen-bond acceptors (Lipinski definition) is 5. The molecule has 0 atom stereocenters. The lowest BCUT2D eigenvalue weighted by Crippen LogP contribution is -2.35. The van der Waals surface area contributed by atoms with E-state index < -0.39 is 27.9 Å². The van der Waals surface area contributed by atoms with Gasteiger partial charge in [0.25, 0.3) is 11.2 Å². The van der Waals surface area contributed by atoms with Gasteiger partial charge in [0.05, 0.1) is 11.1 Å². The average molecular weight is 307 g/mol. The quantitative estimate of drug-likeness (QED) is 0.664. The summed E-state index contributed by atoms with van der Waals surface area (Å²) in [6.45, 7) is 0. The van der Waals surface area contributed by atoms with Gasteiger partial charge in [-0.25, -0.2) is 9.36 Å². The number of rotatable bonds is 4. The van der Waals surface area contributed by atoms with Gasteiger partial charge in [0, 0.05) is 18.1 Å². The van der Waals surface area contributed by atoms with E-state index >= 15 is 0 Å². The minimum Gasteiger partial charge on any atom is -0.274 e. The number of nitrogens with one attached hydrogen (secondary N) is 1. The summed E-state index contributed by atoms with van der Waals surface area (Å²) in [6, 6.07) is 5.86. The zero-order valence-corrected chi connectivity index (χ0v) is 11.1. The van der Waals surface area contributed by atoms with E-state index in [1.807, 2.05) is 0 Å². The van der Waals surface area contributed by atoms with Gasteiger partial charge in [-0.3, -0.25) is 24.7 Å². The molecule has 0 radical (unpaired) electrons. The van der Waals surface area contributed by atoms with Gasteiger partial charge in [-0.1, -0.05) is 18.2 Å². The first-order valence-electron chi connectivity index (χ1n) is 6.17. The van der Waals surface area contributed by atoms with Crippen LogP contribution >= 0.6 is 0 Å². The van der Waals surface area contributed by atoms with Crippen LogP contribution in [-0.4, -0.2) is 20.4 Å². The van der Waals surface area contributed by atoms with E-state index in [1.54, 1.807) is 11.1 Å². The van der Waals surface area contributed by atoms with Gasteiger partial charge in [-0.15, -0.1) is 0 Å². The third-order valence-corrected chi connectivity index (χ3v) is 2.96. The SMILES string of the molecule is O=C(CCc1ccccc1[N+](=O)[O-])n1cc(F)c(=O)[nH]c1=O. The van der Waals surface area contributed by atoms with E-state index in [2.05, 4.69) is 0 Å². The number of nitrogens with zero attached hydrogens (tertiary/aromatic N) is 2. The molecule has 2 aromatic rings. The lowest BCUT2D eigenvalue weighted by atomic mass is 10.1. The van der Waals surface area contributed by atoms with E-state index in [0.29, 0.717) is 16.3 Å². The van der Waals surface area contributed by atoms with Crippen LogP contribution in [0.2, 0.25) is 0 Å². The fourth-order valence-electron chi connectivity index (χ4n) is 1.90. The van der Waals surface area contributed by atoms with E-state index in [0.717, 1.165) is 0 Å². The molecule has 0 fully saturated rings. The van der Waals surface area contributed by atoms with Crippen LogP contribution in [0.3, 0.4) is 0 Å². The number of benzene rings is 1. The Balaban J connectivity index is 2.21. The topological polar surface area (TPSA) is 115 Å². The summed E-state index contributed by atoms with van der Waals surface area (Å²) in [6.07, 6.45) is 0.252. The molecule has 1 N–H and O–H groups in total. The van der Waals surface area contributed by atoms with Gasteiger partial charge in [-0.2, -0.15) is 4.39 Å². The number of carbonyl (C=O) groups excluding carboxylic acids is 1. The molecule has 8 nitrogen and oxygen atoms in total. The Hall–Kier alpha value is -3.10. The maximum Gasteiger partial charge on any atom is 0.335 e. The predicted molar refractivity (Wildman–Crippen MR) is 73.3 cm³/mol. The molecule has 1 aromatic heterocycles. The van der Waals surface area contributed by atoms with Crippen LogP contribution in [-0.2, 0) is 6.42 Å². The number of halogens is 1. The summed E-state index contributed by atoms with van der Waals surface area (Å²) >= 11 is 0. The van der Waals surface area contributed by atoms with Crippen molar-refractivity contribution in [3.05, 3.63) is 72.8 Å². The molecule has 0 saturated heterocycles. The summed E-state index contributed by atoms with van der Waals surface area (Å²) in [4.78, 5) is 46.1. The lowest BCUT2D eigenvalue weighted by Gasteiger charge is -2.04. The first-order chi connectivity index (χ1) is 10.4. The number of hydrogen-bond donors (Lipinski definition) is 1. The van der Waals surface area contributed by atoms with Crippen molar-refractivity contribution in [2.24, 2.45) is 0 Å². The van der Waals surface area contributed by atoms with Crippen LogP contribution in [0.15, 0.2) is 40.1 Å². The van der Waals surface area contributed by atoms with Crippen molar-refractivity contribution >= 4 is 11.6 Å². The molecule has 1 heterocycles. The van der Waals surface area contributed by atoms with E-state index in [4.69, 9.17) is 0 Å². The van der Waals surface area contributed by atoms with Crippen molar-refractivity contribution in [3.63, 3.8) is 0 Å². The number of nitro benzene ring substituents is 1. The number of para-hydroxylation sites is 1. The Bertz CT molecular complexity index is 855. The molecule has 1 aromatic carbocycles. The highest BCUT2D eigenvalue weighted by Crippen LogP contribution is 2.19. The maximum absolute atomic E-state index is 13.1. The van der Waals surface area contributed by atoms with Gasteiger partial charge in [0.2, 0.25) is 11.7 Å². The van der Waals surface area contributed by atoms with Gasteiger partial charge in [0.1, 0.15) is 0 Å². The molecule has 22 heavy (non-hydrogen) atoms. The van der Waals surface area contributed by atoms with Crippen molar-refractivity contribution in [1.82, 2.24) is 9.55 Å². The molecule has 0 saturated carbocycles. The molecular weight excluding hydrogens is 297 g/mol. The molecule has 0 aliphatic rings. The molecule has 0 aliphatic heterocycles. The molecule has 9 heteroatoms. The predicted octanol–water partition coefficient (Wildman–Crippen LogP) is 0.857. The van der Waals surface area contributed by atoms with Crippen LogP contribution in [0.25, 0.3) is 0 Å².